The van der Waals surface area contributed by atoms with Crippen molar-refractivity contribution in [2.45, 2.75) is 53.0 Å². The van der Waals surface area contributed by atoms with E-state index in [2.05, 4.69) is 49.3 Å². The largest absolute Gasteiger partial charge is 0.493 e. The van der Waals surface area contributed by atoms with Gasteiger partial charge in [0.15, 0.2) is 17.5 Å². The molecular formula is C22H40N4O2. The van der Waals surface area contributed by atoms with Gasteiger partial charge < -0.3 is 25.0 Å². The molecule has 0 spiro atoms. The Hall–Kier alpha value is -1.95. The van der Waals surface area contributed by atoms with Gasteiger partial charge in [-0.05, 0) is 70.4 Å². The van der Waals surface area contributed by atoms with Crippen LogP contribution in [0.5, 0.6) is 11.5 Å². The Labute approximate surface area is 171 Å². The van der Waals surface area contributed by atoms with E-state index in [4.69, 9.17) is 14.5 Å². The maximum absolute atomic E-state index is 5.38. The van der Waals surface area contributed by atoms with Crippen LogP contribution in [0.3, 0.4) is 0 Å². The van der Waals surface area contributed by atoms with Crippen molar-refractivity contribution in [1.82, 2.24) is 15.5 Å². The molecule has 0 amide bonds. The molecule has 2 N–H and O–H groups in total. The first-order chi connectivity index (χ1) is 13.6. The Morgan fingerprint density at radius 3 is 2.43 bits per heavy atom. The Balaban J connectivity index is 2.52. The molecule has 0 fully saturated rings. The topological polar surface area (TPSA) is 58.1 Å². The maximum atomic E-state index is 5.38. The summed E-state index contributed by atoms with van der Waals surface area (Å²) >= 11 is 0. The summed E-state index contributed by atoms with van der Waals surface area (Å²) in [5.74, 6) is 2.40. The number of rotatable bonds is 13. The van der Waals surface area contributed by atoms with Gasteiger partial charge in [-0.15, -0.1) is 0 Å². The van der Waals surface area contributed by atoms with Gasteiger partial charge in [0, 0.05) is 19.1 Å². The first kappa shape index (κ1) is 24.1. The monoisotopic (exact) mass is 392 g/mol. The third-order valence-corrected chi connectivity index (χ3v) is 4.85. The number of hydrogen-bond donors (Lipinski definition) is 2. The summed E-state index contributed by atoms with van der Waals surface area (Å²) in [7, 11) is 3.31. The van der Waals surface area contributed by atoms with Gasteiger partial charge in [0.25, 0.3) is 0 Å². The highest BCUT2D eigenvalue weighted by atomic mass is 16.5. The third kappa shape index (κ3) is 8.83. The van der Waals surface area contributed by atoms with E-state index < -0.39 is 0 Å². The van der Waals surface area contributed by atoms with E-state index in [1.54, 1.807) is 14.2 Å². The molecule has 0 saturated heterocycles. The molecule has 0 radical (unpaired) electrons. The zero-order valence-corrected chi connectivity index (χ0v) is 18.7. The molecule has 6 nitrogen and oxygen atoms in total. The Morgan fingerprint density at radius 1 is 1.11 bits per heavy atom. The Morgan fingerprint density at radius 2 is 1.82 bits per heavy atom. The van der Waals surface area contributed by atoms with Crippen LogP contribution in [0.15, 0.2) is 23.2 Å². The van der Waals surface area contributed by atoms with Crippen LogP contribution >= 0.6 is 0 Å². The fourth-order valence-corrected chi connectivity index (χ4v) is 3.12. The average molecular weight is 393 g/mol. The van der Waals surface area contributed by atoms with Crippen LogP contribution in [0.1, 0.15) is 46.1 Å². The van der Waals surface area contributed by atoms with Crippen LogP contribution in [0.2, 0.25) is 0 Å². The minimum atomic E-state index is 0.398. The zero-order chi connectivity index (χ0) is 20.8. The standard InChI is InChI=1S/C22H40N4O2/c1-7-23-22(25-18(4)11-10-16-26(8-2)9-3)24-15-14-19-12-13-20(27-5)21(17-19)28-6/h12-13,17-18H,7-11,14-16H2,1-6H3,(H2,23,24,25). The molecule has 6 heteroatoms. The number of guanidine groups is 1. The molecule has 0 aromatic heterocycles. The van der Waals surface area contributed by atoms with E-state index in [0.29, 0.717) is 6.04 Å². The van der Waals surface area contributed by atoms with Gasteiger partial charge >= 0.3 is 0 Å². The summed E-state index contributed by atoms with van der Waals surface area (Å²) in [5.41, 5.74) is 1.18. The lowest BCUT2D eigenvalue weighted by atomic mass is 10.1. The molecule has 1 atom stereocenters. The lowest BCUT2D eigenvalue weighted by molar-refractivity contribution is 0.292. The second kappa shape index (κ2) is 14.1. The van der Waals surface area contributed by atoms with Gasteiger partial charge in [0.05, 0.1) is 14.2 Å². The molecule has 160 valence electrons. The van der Waals surface area contributed by atoms with Gasteiger partial charge in [0.1, 0.15) is 0 Å². The van der Waals surface area contributed by atoms with E-state index >= 15 is 0 Å². The summed E-state index contributed by atoms with van der Waals surface area (Å²) < 4.78 is 10.7. The summed E-state index contributed by atoms with van der Waals surface area (Å²) in [6.45, 7) is 13.7. The summed E-state index contributed by atoms with van der Waals surface area (Å²) in [6.07, 6.45) is 3.19. The number of nitrogens with one attached hydrogen (secondary N) is 2. The molecular weight excluding hydrogens is 352 g/mol. The zero-order valence-electron chi connectivity index (χ0n) is 18.7. The maximum Gasteiger partial charge on any atom is 0.191 e. The third-order valence-electron chi connectivity index (χ3n) is 4.85. The molecule has 1 rings (SSSR count). The minimum Gasteiger partial charge on any atom is -0.493 e. The summed E-state index contributed by atoms with van der Waals surface area (Å²) in [5, 5.41) is 6.88. The number of benzene rings is 1. The van der Waals surface area contributed by atoms with Crippen LogP contribution in [0.25, 0.3) is 0 Å². The molecule has 28 heavy (non-hydrogen) atoms. The molecule has 0 aliphatic rings. The van der Waals surface area contributed by atoms with Crippen molar-refractivity contribution in [3.63, 3.8) is 0 Å². The summed E-state index contributed by atoms with van der Waals surface area (Å²) in [6, 6.07) is 6.42. The van der Waals surface area contributed by atoms with Crippen LogP contribution in [-0.2, 0) is 6.42 Å². The minimum absolute atomic E-state index is 0.398. The highest BCUT2D eigenvalue weighted by Gasteiger charge is 2.07. The van der Waals surface area contributed by atoms with Crippen molar-refractivity contribution in [2.75, 3.05) is 46.9 Å². The molecule has 0 saturated carbocycles. The van der Waals surface area contributed by atoms with Gasteiger partial charge in [-0.3, -0.25) is 4.99 Å². The van der Waals surface area contributed by atoms with Crippen molar-refractivity contribution in [1.29, 1.82) is 0 Å². The molecule has 0 aliphatic heterocycles. The van der Waals surface area contributed by atoms with Crippen LogP contribution in [-0.4, -0.2) is 63.8 Å². The molecule has 0 aliphatic carbocycles. The lowest BCUT2D eigenvalue weighted by Gasteiger charge is -2.21. The van der Waals surface area contributed by atoms with Gasteiger partial charge in [0.2, 0.25) is 0 Å². The Bertz CT molecular complexity index is 574. The highest BCUT2D eigenvalue weighted by molar-refractivity contribution is 5.80. The number of aliphatic imine (C=N–C) groups is 1. The predicted molar refractivity (Wildman–Crippen MR) is 119 cm³/mol. The van der Waals surface area contributed by atoms with Crippen molar-refractivity contribution in [2.24, 2.45) is 4.99 Å². The van der Waals surface area contributed by atoms with Crippen molar-refractivity contribution in [3.05, 3.63) is 23.8 Å². The number of hydrogen-bond acceptors (Lipinski definition) is 4. The van der Waals surface area contributed by atoms with Gasteiger partial charge in [-0.2, -0.15) is 0 Å². The van der Waals surface area contributed by atoms with E-state index in [0.717, 1.165) is 63.0 Å². The predicted octanol–water partition coefficient (Wildman–Crippen LogP) is 3.31. The molecule has 1 unspecified atom stereocenters. The second-order valence-corrected chi connectivity index (χ2v) is 6.91. The quantitative estimate of drug-likeness (QED) is 0.398. The fraction of sp³-hybridized carbons (Fsp3) is 0.682. The molecule has 0 heterocycles. The molecule has 1 aromatic rings. The smallest absolute Gasteiger partial charge is 0.191 e. The van der Waals surface area contributed by atoms with E-state index in [9.17, 15) is 0 Å². The van der Waals surface area contributed by atoms with Crippen LogP contribution in [0.4, 0.5) is 0 Å². The van der Waals surface area contributed by atoms with Crippen LogP contribution in [0, 0.1) is 0 Å². The van der Waals surface area contributed by atoms with Gasteiger partial charge in [-0.25, -0.2) is 0 Å². The molecule has 1 aromatic carbocycles. The molecule has 0 bridgehead atoms. The Kier molecular flexibility index (Phi) is 12.1. The van der Waals surface area contributed by atoms with Crippen LogP contribution < -0.4 is 20.1 Å². The second-order valence-electron chi connectivity index (χ2n) is 6.91. The van der Waals surface area contributed by atoms with E-state index in [-0.39, 0.29) is 0 Å². The van der Waals surface area contributed by atoms with Gasteiger partial charge in [-0.1, -0.05) is 19.9 Å². The first-order valence-electron chi connectivity index (χ1n) is 10.6. The number of nitrogens with zero attached hydrogens (tertiary/aromatic N) is 2. The fourth-order valence-electron chi connectivity index (χ4n) is 3.12. The number of ether oxygens (including phenoxy) is 2. The normalized spacial score (nSPS) is 12.8. The van der Waals surface area contributed by atoms with Crippen molar-refractivity contribution < 1.29 is 9.47 Å². The van der Waals surface area contributed by atoms with Crippen molar-refractivity contribution in [3.8, 4) is 11.5 Å². The number of methoxy groups -OCH3 is 2. The first-order valence-corrected chi connectivity index (χ1v) is 10.6. The SMILES string of the molecule is CCNC(=NCCc1ccc(OC)c(OC)c1)NC(C)CCCN(CC)CC. The average Bonchev–Trinajstić information content (AvgIpc) is 2.71. The highest BCUT2D eigenvalue weighted by Crippen LogP contribution is 2.27. The van der Waals surface area contributed by atoms with Crippen molar-refractivity contribution >= 4 is 5.96 Å². The van der Waals surface area contributed by atoms with E-state index in [1.807, 2.05) is 12.1 Å². The van der Waals surface area contributed by atoms with E-state index in [1.165, 1.54) is 12.0 Å². The summed E-state index contributed by atoms with van der Waals surface area (Å²) in [4.78, 5) is 7.20. The lowest BCUT2D eigenvalue weighted by Crippen LogP contribution is -2.42.